The average Bonchev–Trinajstić information content (AvgIpc) is 2.46. The first-order valence-corrected chi connectivity index (χ1v) is 4.98. The van der Waals surface area contributed by atoms with Gasteiger partial charge in [0, 0.05) is 10.3 Å². The quantitative estimate of drug-likeness (QED) is 0.556. The van der Waals surface area contributed by atoms with Crippen LogP contribution in [0.2, 0.25) is 5.02 Å². The Morgan fingerprint density at radius 1 is 1.64 bits per heavy atom. The van der Waals surface area contributed by atoms with Crippen molar-refractivity contribution in [3.05, 3.63) is 32.3 Å². The van der Waals surface area contributed by atoms with E-state index in [0.717, 1.165) is 9.71 Å². The van der Waals surface area contributed by atoms with Crippen molar-refractivity contribution in [2.45, 2.75) is 6.92 Å². The first-order chi connectivity index (χ1) is 6.59. The number of aromatic nitrogens is 1. The zero-order chi connectivity index (χ0) is 10.3. The summed E-state index contributed by atoms with van der Waals surface area (Å²) in [5.74, 6) is 0. The summed E-state index contributed by atoms with van der Waals surface area (Å²) in [4.78, 5) is 15.8. The standard InChI is InChI=1S/C8H5ClN2O2S/c1-4-2-5-7(9)6(11(12)13)3-10-8(5)14-4/h2-3H,1H3. The molecular formula is C8H5ClN2O2S. The molecule has 4 nitrogen and oxygen atoms in total. The summed E-state index contributed by atoms with van der Waals surface area (Å²) in [7, 11) is 0. The predicted octanol–water partition coefficient (Wildman–Crippen LogP) is 3.17. The Kier molecular flexibility index (Phi) is 2.13. The van der Waals surface area contributed by atoms with Crippen LogP contribution in [0.1, 0.15) is 4.88 Å². The third kappa shape index (κ3) is 1.34. The fourth-order valence-electron chi connectivity index (χ4n) is 1.20. The number of hydrogen-bond donors (Lipinski definition) is 0. The second-order valence-electron chi connectivity index (χ2n) is 2.79. The molecule has 0 aromatic carbocycles. The molecule has 72 valence electrons. The Hall–Kier alpha value is -1.20. The smallest absolute Gasteiger partial charge is 0.258 e. The van der Waals surface area contributed by atoms with Gasteiger partial charge in [0.2, 0.25) is 0 Å². The number of nitro groups is 1. The number of fused-ring (bicyclic) bond motifs is 1. The van der Waals surface area contributed by atoms with Crippen LogP contribution in [0.3, 0.4) is 0 Å². The van der Waals surface area contributed by atoms with Crippen molar-refractivity contribution in [2.75, 3.05) is 0 Å². The minimum absolute atomic E-state index is 0.142. The van der Waals surface area contributed by atoms with Crippen molar-refractivity contribution in [1.29, 1.82) is 0 Å². The van der Waals surface area contributed by atoms with Gasteiger partial charge in [0.15, 0.2) is 0 Å². The Morgan fingerprint density at radius 3 is 3.00 bits per heavy atom. The molecule has 0 unspecified atom stereocenters. The van der Waals surface area contributed by atoms with Crippen LogP contribution < -0.4 is 0 Å². The van der Waals surface area contributed by atoms with Gasteiger partial charge >= 0.3 is 5.69 Å². The molecule has 2 rings (SSSR count). The second kappa shape index (κ2) is 3.18. The van der Waals surface area contributed by atoms with Crippen LogP contribution in [0.25, 0.3) is 10.2 Å². The van der Waals surface area contributed by atoms with Gasteiger partial charge in [0.25, 0.3) is 0 Å². The van der Waals surface area contributed by atoms with E-state index in [4.69, 9.17) is 11.6 Å². The van der Waals surface area contributed by atoms with Crippen LogP contribution in [0.4, 0.5) is 5.69 Å². The van der Waals surface area contributed by atoms with Crippen LogP contribution in [0.15, 0.2) is 12.3 Å². The summed E-state index contributed by atoms with van der Waals surface area (Å²) in [6, 6.07) is 1.81. The molecule has 0 aliphatic rings. The van der Waals surface area contributed by atoms with Gasteiger partial charge in [0.1, 0.15) is 16.0 Å². The molecule has 0 aliphatic carbocycles. The molecule has 0 spiro atoms. The van der Waals surface area contributed by atoms with Crippen LogP contribution in [0.5, 0.6) is 0 Å². The summed E-state index contributed by atoms with van der Waals surface area (Å²) < 4.78 is 0. The summed E-state index contributed by atoms with van der Waals surface area (Å²) in [6.07, 6.45) is 1.20. The number of nitrogens with zero attached hydrogens (tertiary/aromatic N) is 2. The van der Waals surface area contributed by atoms with Gasteiger partial charge in [-0.3, -0.25) is 10.1 Å². The van der Waals surface area contributed by atoms with Gasteiger partial charge in [-0.25, -0.2) is 4.98 Å². The molecule has 0 atom stereocenters. The lowest BCUT2D eigenvalue weighted by molar-refractivity contribution is -0.384. The predicted molar refractivity (Wildman–Crippen MR) is 56.0 cm³/mol. The average molecular weight is 229 g/mol. The second-order valence-corrected chi connectivity index (χ2v) is 4.40. The summed E-state index contributed by atoms with van der Waals surface area (Å²) in [5.41, 5.74) is -0.142. The molecule has 0 aliphatic heterocycles. The highest BCUT2D eigenvalue weighted by molar-refractivity contribution is 7.18. The van der Waals surface area contributed by atoms with E-state index in [1.165, 1.54) is 17.5 Å². The van der Waals surface area contributed by atoms with Crippen molar-refractivity contribution in [1.82, 2.24) is 4.98 Å². The maximum absolute atomic E-state index is 10.6. The SMILES string of the molecule is Cc1cc2c(Cl)c([N+](=O)[O-])cnc2s1. The van der Waals surface area contributed by atoms with Crippen molar-refractivity contribution < 1.29 is 4.92 Å². The number of rotatable bonds is 1. The highest BCUT2D eigenvalue weighted by Crippen LogP contribution is 2.34. The van der Waals surface area contributed by atoms with Crippen molar-refractivity contribution in [2.24, 2.45) is 0 Å². The summed E-state index contributed by atoms with van der Waals surface area (Å²) in [6.45, 7) is 1.91. The lowest BCUT2D eigenvalue weighted by Gasteiger charge is -1.94. The molecule has 14 heavy (non-hydrogen) atoms. The molecule has 2 heterocycles. The molecule has 0 radical (unpaired) electrons. The normalized spacial score (nSPS) is 10.7. The zero-order valence-corrected chi connectivity index (χ0v) is 8.72. The fraction of sp³-hybridized carbons (Fsp3) is 0.125. The Bertz CT molecular complexity index is 523. The Labute approximate surface area is 88.3 Å². The Balaban J connectivity index is 2.80. The molecule has 0 bridgehead atoms. The molecule has 2 aromatic rings. The maximum atomic E-state index is 10.6. The molecule has 2 aromatic heterocycles. The first-order valence-electron chi connectivity index (χ1n) is 3.78. The Morgan fingerprint density at radius 2 is 2.36 bits per heavy atom. The molecule has 0 N–H and O–H groups in total. The van der Waals surface area contributed by atoms with Crippen LogP contribution >= 0.6 is 22.9 Å². The highest BCUT2D eigenvalue weighted by Gasteiger charge is 2.17. The van der Waals surface area contributed by atoms with E-state index in [1.807, 2.05) is 13.0 Å². The van der Waals surface area contributed by atoms with E-state index < -0.39 is 4.92 Å². The van der Waals surface area contributed by atoms with Crippen molar-refractivity contribution in [3.63, 3.8) is 0 Å². The number of hydrogen-bond acceptors (Lipinski definition) is 4. The van der Waals surface area contributed by atoms with E-state index in [-0.39, 0.29) is 10.7 Å². The van der Waals surface area contributed by atoms with Crippen LogP contribution in [-0.2, 0) is 0 Å². The molecule has 6 heteroatoms. The molecular weight excluding hydrogens is 224 g/mol. The fourth-order valence-corrected chi connectivity index (χ4v) is 2.37. The first kappa shape index (κ1) is 9.36. The molecule has 0 saturated carbocycles. The molecule has 0 saturated heterocycles. The van der Waals surface area contributed by atoms with Gasteiger partial charge in [-0.05, 0) is 13.0 Å². The minimum Gasteiger partial charge on any atom is -0.258 e. The van der Waals surface area contributed by atoms with E-state index in [1.54, 1.807) is 0 Å². The topological polar surface area (TPSA) is 56.0 Å². The van der Waals surface area contributed by atoms with E-state index in [9.17, 15) is 10.1 Å². The minimum atomic E-state index is -0.526. The number of halogens is 1. The summed E-state index contributed by atoms with van der Waals surface area (Å²) in [5, 5.41) is 11.4. The largest absolute Gasteiger partial charge is 0.306 e. The number of pyridine rings is 1. The van der Waals surface area contributed by atoms with Crippen molar-refractivity contribution >= 4 is 38.8 Å². The van der Waals surface area contributed by atoms with Crippen LogP contribution in [-0.4, -0.2) is 9.91 Å². The highest BCUT2D eigenvalue weighted by atomic mass is 35.5. The van der Waals surface area contributed by atoms with Crippen molar-refractivity contribution in [3.8, 4) is 0 Å². The van der Waals surface area contributed by atoms with E-state index >= 15 is 0 Å². The number of aryl methyl sites for hydroxylation is 1. The molecule has 0 amide bonds. The number of thiophene rings is 1. The lowest BCUT2D eigenvalue weighted by Crippen LogP contribution is -1.90. The van der Waals surface area contributed by atoms with Gasteiger partial charge in [0.05, 0.1) is 4.92 Å². The lowest BCUT2D eigenvalue weighted by atomic mass is 10.3. The van der Waals surface area contributed by atoms with Gasteiger partial charge in [-0.1, -0.05) is 11.6 Å². The van der Waals surface area contributed by atoms with Gasteiger partial charge in [-0.15, -0.1) is 11.3 Å². The third-order valence-corrected chi connectivity index (χ3v) is 3.15. The van der Waals surface area contributed by atoms with Crippen LogP contribution in [0, 0.1) is 17.0 Å². The maximum Gasteiger partial charge on any atom is 0.306 e. The monoisotopic (exact) mass is 228 g/mol. The molecule has 0 fully saturated rings. The van der Waals surface area contributed by atoms with Gasteiger partial charge < -0.3 is 0 Å². The van der Waals surface area contributed by atoms with Gasteiger partial charge in [-0.2, -0.15) is 0 Å². The third-order valence-electron chi connectivity index (χ3n) is 1.80. The van der Waals surface area contributed by atoms with E-state index in [0.29, 0.717) is 5.39 Å². The van der Waals surface area contributed by atoms with E-state index in [2.05, 4.69) is 4.98 Å². The zero-order valence-electron chi connectivity index (χ0n) is 7.15. The summed E-state index contributed by atoms with van der Waals surface area (Å²) >= 11 is 7.34.